The van der Waals surface area contributed by atoms with Gasteiger partial charge in [-0.05, 0) is 112 Å². The van der Waals surface area contributed by atoms with Crippen molar-refractivity contribution in [1.82, 2.24) is 16.4 Å². The van der Waals surface area contributed by atoms with Crippen LogP contribution in [-0.2, 0) is 17.1 Å². The van der Waals surface area contributed by atoms with Gasteiger partial charge in [0, 0.05) is 93.8 Å². The van der Waals surface area contributed by atoms with Gasteiger partial charge in [-0.15, -0.1) is 0 Å². The first-order valence-corrected chi connectivity index (χ1v) is 21.3. The first-order chi connectivity index (χ1) is 31.0. The molecule has 6 N–H and O–H groups in total. The van der Waals surface area contributed by atoms with E-state index < -0.39 is 18.7 Å². The molecular formula is C51H69FeN6O9. The molecule has 0 aliphatic carbocycles. The van der Waals surface area contributed by atoms with E-state index in [1.807, 2.05) is 171 Å². The molecule has 15 nitrogen and oxygen atoms in total. The van der Waals surface area contributed by atoms with E-state index in [0.29, 0.717) is 16.7 Å². The van der Waals surface area contributed by atoms with Crippen LogP contribution in [0.3, 0.4) is 0 Å². The maximum atomic E-state index is 12.4. The van der Waals surface area contributed by atoms with Crippen molar-refractivity contribution in [2.75, 3.05) is 57.0 Å². The van der Waals surface area contributed by atoms with Crippen molar-refractivity contribution in [1.29, 1.82) is 0 Å². The summed E-state index contributed by atoms with van der Waals surface area (Å²) >= 11 is 0. The van der Waals surface area contributed by atoms with Gasteiger partial charge in [-0.1, -0.05) is 73.9 Å². The van der Waals surface area contributed by atoms with E-state index >= 15 is 0 Å². The van der Waals surface area contributed by atoms with Crippen molar-refractivity contribution in [3.8, 4) is 0 Å². The summed E-state index contributed by atoms with van der Waals surface area (Å²) < 4.78 is 0. The first-order valence-electron chi connectivity index (χ1n) is 21.3. The van der Waals surface area contributed by atoms with Gasteiger partial charge < -0.3 is 62.1 Å². The molecule has 365 valence electrons. The van der Waals surface area contributed by atoms with Crippen LogP contribution in [0.15, 0.2) is 144 Å². The number of hydrogen-bond donors (Lipinski definition) is 6. The molecule has 0 aliphatic rings. The summed E-state index contributed by atoms with van der Waals surface area (Å²) in [7, 11) is 11.7. The molecule has 0 saturated carbocycles. The van der Waals surface area contributed by atoms with Gasteiger partial charge in [-0.2, -0.15) is 0 Å². The molecule has 0 bridgehead atoms. The second-order valence-corrected chi connectivity index (χ2v) is 16.3. The van der Waals surface area contributed by atoms with Gasteiger partial charge in [0.1, 0.15) is 18.7 Å². The molecule has 3 aromatic carbocycles. The molecule has 0 amide bonds. The molecule has 6 unspecified atom stereocenters. The molecule has 0 aromatic heterocycles. The molecule has 0 saturated heterocycles. The number of Topliss-reactive ketones (excluding diaryl/α,β-unsaturated/α-hetero) is 3. The van der Waals surface area contributed by atoms with Gasteiger partial charge >= 0.3 is 17.1 Å². The number of anilines is 3. The molecule has 0 fully saturated rings. The van der Waals surface area contributed by atoms with E-state index in [0.717, 1.165) is 33.8 Å². The summed E-state index contributed by atoms with van der Waals surface area (Å²) in [5.41, 5.74) is 11.9. The van der Waals surface area contributed by atoms with Gasteiger partial charge in [0.2, 0.25) is 0 Å². The third-order valence-electron chi connectivity index (χ3n) is 9.77. The van der Waals surface area contributed by atoms with Crippen LogP contribution in [-0.4, -0.2) is 93.6 Å². The Hall–Kier alpha value is -5.33. The Kier molecular flexibility index (Phi) is 29.8. The van der Waals surface area contributed by atoms with Crippen molar-refractivity contribution in [2.45, 2.75) is 60.2 Å². The summed E-state index contributed by atoms with van der Waals surface area (Å²) in [6.07, 6.45) is 10.5. The first kappa shape index (κ1) is 61.7. The Balaban J connectivity index is 0.000000968. The Bertz CT molecular complexity index is 1890. The van der Waals surface area contributed by atoms with E-state index in [1.54, 1.807) is 36.5 Å². The van der Waals surface area contributed by atoms with Crippen molar-refractivity contribution in [2.24, 2.45) is 17.8 Å². The summed E-state index contributed by atoms with van der Waals surface area (Å²) in [6.45, 7) is 10.9. The molecule has 67 heavy (non-hydrogen) atoms. The van der Waals surface area contributed by atoms with Gasteiger partial charge in [0.05, 0.1) is 0 Å². The number of aliphatic hydroxyl groups is 3. The second-order valence-electron chi connectivity index (χ2n) is 16.3. The van der Waals surface area contributed by atoms with E-state index in [4.69, 9.17) is 15.3 Å². The predicted octanol–water partition coefficient (Wildman–Crippen LogP) is 7.44. The molecule has 0 aliphatic heterocycles. The fraction of sp³-hybridized carbons (Fsp3) is 0.353. The molecule has 16 heteroatoms. The summed E-state index contributed by atoms with van der Waals surface area (Å²) in [6, 6.07) is 22.4. The Morgan fingerprint density at radius 3 is 0.806 bits per heavy atom. The van der Waals surface area contributed by atoms with Crippen molar-refractivity contribution >= 4 is 34.4 Å². The summed E-state index contributed by atoms with van der Waals surface area (Å²) in [5, 5.41) is 57.9. The number of carbonyl (C=O) groups is 3. The maximum Gasteiger partial charge on any atom is 3.00 e. The second kappa shape index (κ2) is 32.4. The number of ketones is 3. The quantitative estimate of drug-likeness (QED) is 0.0201. The average Bonchev–Trinajstić information content (AvgIpc) is 3.31. The molecular weight excluding hydrogens is 896 g/mol. The normalized spacial score (nSPS) is 14.7. The standard InChI is InChI=1S/3C17H23N2O3.Fe/c3*1-12(5-10-16(20)18-22)11-13(2)17(21)14-6-8-15(9-7-14)19(3)4;/h3*5-11,13,16,18,20H,1-4H3;/q3*-1;+3. The van der Waals surface area contributed by atoms with E-state index in [9.17, 15) is 30.0 Å². The van der Waals surface area contributed by atoms with Gasteiger partial charge in [0.25, 0.3) is 0 Å². The number of allylic oxidation sites excluding steroid dienone is 9. The SMILES string of the molecule is CC(C=CC(O)N[O-])=CC(C)C(=O)c1ccc(N(C)C)cc1.CC(C=CC(O)N[O-])=CC(C)C(=O)c1ccc(N(C)C)cc1.CC(C=CC(O)N[O-])=CC(C)C(=O)c1ccc(N(C)C)cc1.[Fe+3]. The minimum atomic E-state index is -1.23. The number of hydroxylamine groups is 3. The Morgan fingerprint density at radius 1 is 0.448 bits per heavy atom. The Morgan fingerprint density at radius 2 is 0.642 bits per heavy atom. The number of hydrogen-bond acceptors (Lipinski definition) is 15. The minimum absolute atomic E-state index is 0. The van der Waals surface area contributed by atoms with Crippen molar-refractivity contribution in [3.63, 3.8) is 0 Å². The molecule has 6 atom stereocenters. The number of aliphatic hydroxyl groups excluding tert-OH is 3. The largest absolute Gasteiger partial charge is 3.00 e. The van der Waals surface area contributed by atoms with Crippen LogP contribution in [0.4, 0.5) is 17.1 Å². The number of carbonyl (C=O) groups excluding carboxylic acids is 3. The van der Waals surface area contributed by atoms with Crippen LogP contribution < -0.4 is 31.1 Å². The molecule has 3 rings (SSSR count). The number of rotatable bonds is 21. The van der Waals surface area contributed by atoms with Gasteiger partial charge in [-0.25, -0.2) is 0 Å². The van der Waals surface area contributed by atoms with Crippen LogP contribution in [0.25, 0.3) is 0 Å². The summed E-state index contributed by atoms with van der Waals surface area (Å²) in [5.74, 6) is -0.770. The number of nitrogens with zero attached hydrogens (tertiary/aromatic N) is 3. The topological polar surface area (TPSA) is 227 Å². The van der Waals surface area contributed by atoms with Crippen LogP contribution in [0.1, 0.15) is 72.6 Å². The van der Waals surface area contributed by atoms with E-state index in [1.165, 1.54) is 34.7 Å². The zero-order valence-electron chi connectivity index (χ0n) is 40.6. The maximum absolute atomic E-state index is 12.4. The fourth-order valence-corrected chi connectivity index (χ4v) is 5.98. The third-order valence-corrected chi connectivity index (χ3v) is 9.77. The van der Waals surface area contributed by atoms with Crippen LogP contribution in [0.5, 0.6) is 0 Å². The fourth-order valence-electron chi connectivity index (χ4n) is 5.98. The van der Waals surface area contributed by atoms with Crippen molar-refractivity contribution < 1.29 is 46.8 Å². The van der Waals surface area contributed by atoms with E-state index in [-0.39, 0.29) is 52.2 Å². The number of nitrogens with one attached hydrogen (secondary N) is 3. The molecule has 3 aromatic rings. The molecule has 1 radical (unpaired) electrons. The summed E-state index contributed by atoms with van der Waals surface area (Å²) in [4.78, 5) is 43.0. The Labute approximate surface area is 407 Å². The minimum Gasteiger partial charge on any atom is -0.786 e. The number of benzene rings is 3. The van der Waals surface area contributed by atoms with Crippen LogP contribution in [0, 0.1) is 33.4 Å². The van der Waals surface area contributed by atoms with Crippen LogP contribution in [0.2, 0.25) is 0 Å². The van der Waals surface area contributed by atoms with Crippen LogP contribution >= 0.6 is 0 Å². The van der Waals surface area contributed by atoms with Gasteiger partial charge in [0.15, 0.2) is 17.3 Å². The third kappa shape index (κ3) is 23.8. The van der Waals surface area contributed by atoms with E-state index in [2.05, 4.69) is 0 Å². The van der Waals surface area contributed by atoms with Crippen molar-refractivity contribution in [3.05, 3.63) is 177 Å². The smallest absolute Gasteiger partial charge is 0.786 e. The predicted molar refractivity (Wildman–Crippen MR) is 269 cm³/mol. The van der Waals surface area contributed by atoms with Gasteiger partial charge in [-0.3, -0.25) is 14.4 Å². The zero-order chi connectivity index (χ0) is 50.1. The molecule has 0 spiro atoms. The molecule has 0 heterocycles. The zero-order valence-corrected chi connectivity index (χ0v) is 41.7. The monoisotopic (exact) mass is 965 g/mol. The average molecular weight is 966 g/mol.